The number of carbonyl (C=O) groups is 1. The summed E-state index contributed by atoms with van der Waals surface area (Å²) >= 11 is 0. The lowest BCUT2D eigenvalue weighted by Crippen LogP contribution is -2.45. The highest BCUT2D eigenvalue weighted by Crippen LogP contribution is 2.20. The molecule has 134 valence electrons. The highest BCUT2D eigenvalue weighted by atomic mass is 35.5. The van der Waals surface area contributed by atoms with Gasteiger partial charge in [0.25, 0.3) is 5.91 Å². The van der Waals surface area contributed by atoms with Crippen molar-refractivity contribution in [1.29, 1.82) is 0 Å². The van der Waals surface area contributed by atoms with Gasteiger partial charge in [0.1, 0.15) is 18.2 Å². The summed E-state index contributed by atoms with van der Waals surface area (Å²) in [5.74, 6) is 0.126. The zero-order valence-electron chi connectivity index (χ0n) is 13.8. The summed E-state index contributed by atoms with van der Waals surface area (Å²) in [7, 11) is 0. The van der Waals surface area contributed by atoms with Gasteiger partial charge in [0.2, 0.25) is 0 Å². The summed E-state index contributed by atoms with van der Waals surface area (Å²) in [6.07, 6.45) is 2.05. The molecule has 1 unspecified atom stereocenters. The van der Waals surface area contributed by atoms with Crippen molar-refractivity contribution < 1.29 is 13.9 Å². The predicted octanol–water partition coefficient (Wildman–Crippen LogP) is 3.31. The van der Waals surface area contributed by atoms with Crippen molar-refractivity contribution in [3.63, 3.8) is 0 Å². The first kappa shape index (κ1) is 19.2. The number of hydrogen-bond acceptors (Lipinski definition) is 3. The largest absolute Gasteiger partial charge is 0.488 e. The van der Waals surface area contributed by atoms with E-state index >= 15 is 0 Å². The molecule has 3 rings (SSSR count). The fourth-order valence-corrected chi connectivity index (χ4v) is 2.76. The Labute approximate surface area is 153 Å². The van der Waals surface area contributed by atoms with Crippen LogP contribution >= 0.6 is 12.4 Å². The van der Waals surface area contributed by atoms with E-state index < -0.39 is 0 Å². The summed E-state index contributed by atoms with van der Waals surface area (Å²) < 4.78 is 18.7. The van der Waals surface area contributed by atoms with Gasteiger partial charge in [-0.2, -0.15) is 0 Å². The molecule has 0 aliphatic carbocycles. The molecule has 1 saturated heterocycles. The second-order valence-electron chi connectivity index (χ2n) is 5.93. The molecule has 0 spiro atoms. The molecule has 1 fully saturated rings. The number of benzene rings is 2. The zero-order valence-corrected chi connectivity index (χ0v) is 14.7. The molecule has 0 bridgehead atoms. The summed E-state index contributed by atoms with van der Waals surface area (Å²) in [5.41, 5.74) is 1.37. The van der Waals surface area contributed by atoms with Gasteiger partial charge in [-0.3, -0.25) is 4.79 Å². The molecule has 1 atom stereocenters. The standard InChI is InChI=1S/C19H21FN2O2.ClH/c20-15-9-7-14(8-10-15)13-24-18-6-2-1-5-17(18)19(23)22-16-4-3-11-21-12-16;/h1-2,5-10,16,21H,3-4,11-13H2,(H,22,23);1H. The lowest BCUT2D eigenvalue weighted by atomic mass is 10.1. The molecule has 1 aliphatic heterocycles. The maximum absolute atomic E-state index is 12.9. The fourth-order valence-electron chi connectivity index (χ4n) is 2.76. The van der Waals surface area contributed by atoms with Crippen molar-refractivity contribution in [2.45, 2.75) is 25.5 Å². The summed E-state index contributed by atoms with van der Waals surface area (Å²) in [5, 5.41) is 6.33. The van der Waals surface area contributed by atoms with Crippen molar-refractivity contribution in [2.75, 3.05) is 13.1 Å². The van der Waals surface area contributed by atoms with E-state index in [0.29, 0.717) is 11.3 Å². The predicted molar refractivity (Wildman–Crippen MR) is 97.8 cm³/mol. The van der Waals surface area contributed by atoms with Crippen molar-refractivity contribution in [1.82, 2.24) is 10.6 Å². The van der Waals surface area contributed by atoms with Crippen molar-refractivity contribution >= 4 is 18.3 Å². The first-order chi connectivity index (χ1) is 11.7. The number of hydrogen-bond donors (Lipinski definition) is 2. The molecule has 1 amide bonds. The van der Waals surface area contributed by atoms with Gasteiger partial charge < -0.3 is 15.4 Å². The zero-order chi connectivity index (χ0) is 16.8. The normalized spacial score (nSPS) is 16.6. The molecule has 2 aromatic carbocycles. The third-order valence-corrected chi connectivity index (χ3v) is 4.07. The fraction of sp³-hybridized carbons (Fsp3) is 0.316. The minimum atomic E-state index is -0.278. The molecular formula is C19H22ClFN2O2. The van der Waals surface area contributed by atoms with Gasteiger partial charge in [-0.15, -0.1) is 12.4 Å². The molecule has 0 aromatic heterocycles. The average molecular weight is 365 g/mol. The van der Waals surface area contributed by atoms with Crippen LogP contribution in [0.25, 0.3) is 0 Å². The molecule has 6 heteroatoms. The number of amides is 1. The Morgan fingerprint density at radius 1 is 1.20 bits per heavy atom. The number of rotatable bonds is 5. The number of piperidine rings is 1. The Bertz CT molecular complexity index is 688. The number of halogens is 2. The summed E-state index contributed by atoms with van der Waals surface area (Å²) in [6.45, 7) is 2.09. The Balaban J connectivity index is 0.00000225. The van der Waals surface area contributed by atoms with E-state index in [1.807, 2.05) is 12.1 Å². The molecule has 4 nitrogen and oxygen atoms in total. The highest BCUT2D eigenvalue weighted by molar-refractivity contribution is 5.97. The third-order valence-electron chi connectivity index (χ3n) is 4.07. The van der Waals surface area contributed by atoms with E-state index in [4.69, 9.17) is 4.74 Å². The number of ether oxygens (including phenoxy) is 1. The van der Waals surface area contributed by atoms with Crippen LogP contribution in [-0.4, -0.2) is 25.0 Å². The van der Waals surface area contributed by atoms with Gasteiger partial charge in [0, 0.05) is 12.6 Å². The second-order valence-corrected chi connectivity index (χ2v) is 5.93. The van der Waals surface area contributed by atoms with Gasteiger partial charge in [0.15, 0.2) is 0 Å². The minimum Gasteiger partial charge on any atom is -0.488 e. The third kappa shape index (κ3) is 5.44. The maximum Gasteiger partial charge on any atom is 0.255 e. The van der Waals surface area contributed by atoms with Crippen molar-refractivity contribution in [2.24, 2.45) is 0 Å². The van der Waals surface area contributed by atoms with Crippen molar-refractivity contribution in [3.8, 4) is 5.75 Å². The first-order valence-electron chi connectivity index (χ1n) is 8.20. The average Bonchev–Trinajstić information content (AvgIpc) is 2.62. The Kier molecular flexibility index (Phi) is 7.22. The lowest BCUT2D eigenvalue weighted by molar-refractivity contribution is 0.0926. The molecule has 1 heterocycles. The summed E-state index contributed by atoms with van der Waals surface area (Å²) in [4.78, 5) is 12.5. The van der Waals surface area contributed by atoms with Gasteiger partial charge in [0.05, 0.1) is 5.56 Å². The van der Waals surface area contributed by atoms with Gasteiger partial charge in [-0.25, -0.2) is 4.39 Å². The van der Waals surface area contributed by atoms with E-state index in [0.717, 1.165) is 31.5 Å². The van der Waals surface area contributed by atoms with Crippen LogP contribution in [0.2, 0.25) is 0 Å². The van der Waals surface area contributed by atoms with Crippen LogP contribution in [0.4, 0.5) is 4.39 Å². The molecule has 0 radical (unpaired) electrons. The van der Waals surface area contributed by atoms with Crippen LogP contribution in [0.3, 0.4) is 0 Å². The molecule has 0 saturated carbocycles. The number of carbonyl (C=O) groups excluding carboxylic acids is 1. The van der Waals surface area contributed by atoms with E-state index in [2.05, 4.69) is 10.6 Å². The van der Waals surface area contributed by atoms with E-state index in [1.165, 1.54) is 12.1 Å². The van der Waals surface area contributed by atoms with E-state index in [9.17, 15) is 9.18 Å². The van der Waals surface area contributed by atoms with E-state index in [1.54, 1.807) is 24.3 Å². The highest BCUT2D eigenvalue weighted by Gasteiger charge is 2.18. The van der Waals surface area contributed by atoms with Crippen LogP contribution in [0.15, 0.2) is 48.5 Å². The molecule has 1 aliphatic rings. The Morgan fingerprint density at radius 3 is 2.68 bits per heavy atom. The van der Waals surface area contributed by atoms with Crippen LogP contribution in [-0.2, 0) is 6.61 Å². The molecular weight excluding hydrogens is 343 g/mol. The topological polar surface area (TPSA) is 50.4 Å². The Hall–Kier alpha value is -2.11. The number of nitrogens with one attached hydrogen (secondary N) is 2. The second kappa shape index (κ2) is 9.39. The van der Waals surface area contributed by atoms with Crippen LogP contribution in [0, 0.1) is 5.82 Å². The van der Waals surface area contributed by atoms with Crippen LogP contribution < -0.4 is 15.4 Å². The monoisotopic (exact) mass is 364 g/mol. The number of para-hydroxylation sites is 1. The molecule has 25 heavy (non-hydrogen) atoms. The van der Waals surface area contributed by atoms with Gasteiger partial charge >= 0.3 is 0 Å². The SMILES string of the molecule is Cl.O=C(NC1CCCNC1)c1ccccc1OCc1ccc(F)cc1. The van der Waals surface area contributed by atoms with E-state index in [-0.39, 0.29) is 36.8 Å². The van der Waals surface area contributed by atoms with Crippen LogP contribution in [0.5, 0.6) is 5.75 Å². The van der Waals surface area contributed by atoms with Crippen LogP contribution in [0.1, 0.15) is 28.8 Å². The van der Waals surface area contributed by atoms with Crippen molar-refractivity contribution in [3.05, 3.63) is 65.5 Å². The molecule has 2 aromatic rings. The maximum atomic E-state index is 12.9. The summed E-state index contributed by atoms with van der Waals surface area (Å²) in [6, 6.07) is 13.5. The van der Waals surface area contributed by atoms with Gasteiger partial charge in [-0.05, 0) is 49.2 Å². The smallest absolute Gasteiger partial charge is 0.255 e. The molecule has 2 N–H and O–H groups in total. The quantitative estimate of drug-likeness (QED) is 0.855. The van der Waals surface area contributed by atoms with Gasteiger partial charge in [-0.1, -0.05) is 24.3 Å². The first-order valence-corrected chi connectivity index (χ1v) is 8.20. The minimum absolute atomic E-state index is 0. The Morgan fingerprint density at radius 2 is 1.96 bits per heavy atom. The lowest BCUT2D eigenvalue weighted by Gasteiger charge is -2.24.